The highest BCUT2D eigenvalue weighted by atomic mass is 79.9. The molecule has 0 fully saturated rings. The number of aromatic hydroxyl groups is 1. The van der Waals surface area contributed by atoms with Crippen LogP contribution in [-0.4, -0.2) is 35.9 Å². The number of halogens is 3. The molecule has 8 heteroatoms. The molecule has 0 saturated heterocycles. The molecular weight excluding hydrogens is 534 g/mol. The molecule has 1 atom stereocenters. The fourth-order valence-corrected chi connectivity index (χ4v) is 4.23. The number of phenolic OH excluding ortho intramolecular Hbond substituents is 1. The lowest BCUT2D eigenvalue weighted by Crippen LogP contribution is -2.37. The Kier molecular flexibility index (Phi) is 7.94. The number of methoxy groups -OCH3 is 1. The Morgan fingerprint density at radius 1 is 1.12 bits per heavy atom. The Morgan fingerprint density at radius 2 is 1.73 bits per heavy atom. The smallest absolute Gasteiger partial charge is 0.249 e. The van der Waals surface area contributed by atoms with Gasteiger partial charge in [-0.25, -0.2) is 0 Å². The zero-order valence-electron chi connectivity index (χ0n) is 13.9. The predicted molar refractivity (Wildman–Crippen MR) is 111 cm³/mol. The van der Waals surface area contributed by atoms with Gasteiger partial charge in [-0.1, -0.05) is 6.07 Å². The van der Waals surface area contributed by atoms with Crippen LogP contribution in [0.15, 0.2) is 43.7 Å². The second kappa shape index (κ2) is 9.73. The fourth-order valence-electron chi connectivity index (χ4n) is 2.37. The number of rotatable bonds is 7. The average molecular weight is 552 g/mol. The molecule has 5 nitrogen and oxygen atoms in total. The van der Waals surface area contributed by atoms with Crippen molar-refractivity contribution in [3.63, 3.8) is 0 Å². The highest BCUT2D eigenvalue weighted by Crippen LogP contribution is 2.33. The van der Waals surface area contributed by atoms with Crippen molar-refractivity contribution in [1.82, 2.24) is 5.32 Å². The molecule has 0 aromatic heterocycles. The molecule has 140 valence electrons. The molecule has 0 aliphatic heterocycles. The maximum atomic E-state index is 12.1. The van der Waals surface area contributed by atoms with Crippen molar-refractivity contribution in [3.05, 3.63) is 54.9 Å². The van der Waals surface area contributed by atoms with E-state index in [-0.39, 0.29) is 12.2 Å². The summed E-state index contributed by atoms with van der Waals surface area (Å²) in [5, 5.41) is 22.5. The number of aliphatic hydroxyl groups is 1. The molecule has 0 aliphatic rings. The van der Waals surface area contributed by atoms with Crippen LogP contribution in [0.5, 0.6) is 11.5 Å². The van der Waals surface area contributed by atoms with Crippen LogP contribution in [0.4, 0.5) is 0 Å². The third-order valence-corrected chi connectivity index (χ3v) is 5.57. The summed E-state index contributed by atoms with van der Waals surface area (Å²) in [5.41, 5.74) is 1.77. The maximum absolute atomic E-state index is 12.1. The number of aliphatic hydroxyl groups excluding tert-OH is 1. The lowest BCUT2D eigenvalue weighted by molar-refractivity contribution is -0.129. The van der Waals surface area contributed by atoms with E-state index in [1.165, 1.54) is 0 Å². The van der Waals surface area contributed by atoms with E-state index < -0.39 is 12.0 Å². The first kappa shape index (κ1) is 21.2. The minimum absolute atomic E-state index is 0.0818. The summed E-state index contributed by atoms with van der Waals surface area (Å²) in [4.78, 5) is 12.1. The topological polar surface area (TPSA) is 78.8 Å². The number of ether oxygens (including phenoxy) is 1. The van der Waals surface area contributed by atoms with Gasteiger partial charge in [0.05, 0.1) is 20.5 Å². The molecule has 0 radical (unpaired) electrons. The molecular formula is C18H18Br3NO4. The molecule has 0 spiro atoms. The highest BCUT2D eigenvalue weighted by Gasteiger charge is 2.17. The quantitative estimate of drug-likeness (QED) is 0.487. The van der Waals surface area contributed by atoms with Crippen molar-refractivity contribution in [2.75, 3.05) is 13.7 Å². The number of hydrogen-bond donors (Lipinski definition) is 3. The summed E-state index contributed by atoms with van der Waals surface area (Å²) < 4.78 is 7.04. The first-order valence-electron chi connectivity index (χ1n) is 7.77. The van der Waals surface area contributed by atoms with Crippen LogP contribution in [0.3, 0.4) is 0 Å². The minimum Gasteiger partial charge on any atom is -0.506 e. The third-order valence-electron chi connectivity index (χ3n) is 3.74. The van der Waals surface area contributed by atoms with Crippen LogP contribution in [0, 0.1) is 0 Å². The second-order valence-electron chi connectivity index (χ2n) is 5.64. The molecule has 2 aromatic carbocycles. The van der Waals surface area contributed by atoms with Gasteiger partial charge < -0.3 is 20.3 Å². The Bertz CT molecular complexity index is 775. The van der Waals surface area contributed by atoms with Gasteiger partial charge in [0.15, 0.2) is 0 Å². The van der Waals surface area contributed by atoms with E-state index in [0.717, 1.165) is 21.3 Å². The lowest BCUT2D eigenvalue weighted by Gasteiger charge is -2.13. The molecule has 0 heterocycles. The number of amides is 1. The fraction of sp³-hybridized carbons (Fsp3) is 0.278. The molecule has 1 unspecified atom stereocenters. The average Bonchev–Trinajstić information content (AvgIpc) is 2.59. The highest BCUT2D eigenvalue weighted by molar-refractivity contribution is 9.11. The van der Waals surface area contributed by atoms with Gasteiger partial charge in [0, 0.05) is 13.0 Å². The zero-order valence-corrected chi connectivity index (χ0v) is 18.7. The summed E-state index contributed by atoms with van der Waals surface area (Å²) in [6.45, 7) is 0.414. The van der Waals surface area contributed by atoms with Crippen molar-refractivity contribution >= 4 is 53.7 Å². The van der Waals surface area contributed by atoms with Crippen molar-refractivity contribution in [3.8, 4) is 11.5 Å². The normalized spacial score (nSPS) is 11.9. The molecule has 0 bridgehead atoms. The first-order chi connectivity index (χ1) is 12.3. The van der Waals surface area contributed by atoms with E-state index in [2.05, 4.69) is 53.1 Å². The molecule has 2 rings (SSSR count). The van der Waals surface area contributed by atoms with Gasteiger partial charge in [0.25, 0.3) is 0 Å². The predicted octanol–water partition coefficient (Wildman–Crippen LogP) is 3.95. The molecule has 2 aromatic rings. The van der Waals surface area contributed by atoms with E-state index in [0.29, 0.717) is 21.9 Å². The first-order valence-corrected chi connectivity index (χ1v) is 10.1. The van der Waals surface area contributed by atoms with E-state index in [4.69, 9.17) is 4.74 Å². The number of hydrogen-bond acceptors (Lipinski definition) is 4. The monoisotopic (exact) mass is 549 g/mol. The zero-order chi connectivity index (χ0) is 19.3. The van der Waals surface area contributed by atoms with E-state index in [9.17, 15) is 15.0 Å². The van der Waals surface area contributed by atoms with Crippen molar-refractivity contribution in [2.24, 2.45) is 0 Å². The van der Waals surface area contributed by atoms with E-state index >= 15 is 0 Å². The van der Waals surface area contributed by atoms with Crippen LogP contribution in [-0.2, 0) is 17.6 Å². The maximum Gasteiger partial charge on any atom is 0.249 e. The number of carbonyl (C=O) groups excluding carboxylic acids is 1. The number of phenols is 1. The summed E-state index contributed by atoms with van der Waals surface area (Å²) >= 11 is 9.89. The van der Waals surface area contributed by atoms with Gasteiger partial charge in [-0.05, 0) is 89.6 Å². The summed E-state index contributed by atoms with van der Waals surface area (Å²) in [6, 6.07) is 9.07. The van der Waals surface area contributed by atoms with Gasteiger partial charge in [-0.15, -0.1) is 0 Å². The van der Waals surface area contributed by atoms with Gasteiger partial charge >= 0.3 is 0 Å². The van der Waals surface area contributed by atoms with Crippen LogP contribution >= 0.6 is 47.8 Å². The summed E-state index contributed by atoms with van der Waals surface area (Å²) in [7, 11) is 1.60. The molecule has 3 N–H and O–H groups in total. The summed E-state index contributed by atoms with van der Waals surface area (Å²) in [5.74, 6) is 0.399. The Hall–Kier alpha value is -1.09. The SMILES string of the molecule is COc1ccc(CCNC(=O)C(O)Cc2cc(Br)c(O)c(Br)c2)cc1Br. The van der Waals surface area contributed by atoms with Crippen molar-refractivity contribution < 1.29 is 19.7 Å². The van der Waals surface area contributed by atoms with Crippen molar-refractivity contribution in [2.45, 2.75) is 18.9 Å². The van der Waals surface area contributed by atoms with Crippen LogP contribution in [0.1, 0.15) is 11.1 Å². The Labute approximate surface area is 177 Å². The second-order valence-corrected chi connectivity index (χ2v) is 8.20. The van der Waals surface area contributed by atoms with Gasteiger partial charge in [0.1, 0.15) is 17.6 Å². The molecule has 26 heavy (non-hydrogen) atoms. The van der Waals surface area contributed by atoms with Crippen molar-refractivity contribution in [1.29, 1.82) is 0 Å². The van der Waals surface area contributed by atoms with Crippen LogP contribution < -0.4 is 10.1 Å². The Balaban J connectivity index is 1.86. The van der Waals surface area contributed by atoms with Gasteiger partial charge in [-0.3, -0.25) is 4.79 Å². The number of nitrogens with one attached hydrogen (secondary N) is 1. The molecule has 0 saturated carbocycles. The third kappa shape index (κ3) is 5.70. The molecule has 0 aliphatic carbocycles. The molecule has 1 amide bonds. The minimum atomic E-state index is -1.17. The Morgan fingerprint density at radius 3 is 2.31 bits per heavy atom. The van der Waals surface area contributed by atoms with Gasteiger partial charge in [-0.2, -0.15) is 0 Å². The van der Waals surface area contributed by atoms with E-state index in [1.807, 2.05) is 18.2 Å². The largest absolute Gasteiger partial charge is 0.506 e. The standard InChI is InChI=1S/C18H18Br3NO4/c1-26-16-3-2-10(6-12(16)19)4-5-22-18(25)15(23)9-11-7-13(20)17(24)14(21)8-11/h2-3,6-8,15,23-24H,4-5,9H2,1H3,(H,22,25). The number of benzene rings is 2. The van der Waals surface area contributed by atoms with Crippen LogP contribution in [0.25, 0.3) is 0 Å². The van der Waals surface area contributed by atoms with Crippen LogP contribution in [0.2, 0.25) is 0 Å². The van der Waals surface area contributed by atoms with Gasteiger partial charge in [0.2, 0.25) is 5.91 Å². The number of carbonyl (C=O) groups is 1. The lowest BCUT2D eigenvalue weighted by atomic mass is 10.1. The van der Waals surface area contributed by atoms with E-state index in [1.54, 1.807) is 19.2 Å². The summed E-state index contributed by atoms with van der Waals surface area (Å²) in [6.07, 6.45) is -0.379.